The molecule has 0 amide bonds. The Kier molecular flexibility index (Phi) is 3.76. The monoisotopic (exact) mass is 370 g/mol. The second kappa shape index (κ2) is 6.30. The number of ketones is 1. The van der Waals surface area contributed by atoms with Crippen molar-refractivity contribution in [2.45, 2.75) is 18.8 Å². The number of nitrogens with zero attached hydrogens (tertiary/aromatic N) is 1. The number of non-ortho nitro benzene ring substituents is 1. The smallest absolute Gasteiger partial charge is 0.269 e. The highest BCUT2D eigenvalue weighted by molar-refractivity contribution is 5.96. The van der Waals surface area contributed by atoms with Gasteiger partial charge in [-0.15, -0.1) is 0 Å². The molecule has 5 rings (SSSR count). The SMILES string of the molecule is O=C1CCC=C2Nc3ccc4ccccc4c3[C@@H](c3cccc([N+](=O)[O-])c3)[C@H]12. The topological polar surface area (TPSA) is 72.2 Å². The number of anilines is 1. The summed E-state index contributed by atoms with van der Waals surface area (Å²) >= 11 is 0. The molecule has 3 aromatic carbocycles. The highest BCUT2D eigenvalue weighted by Crippen LogP contribution is 2.49. The summed E-state index contributed by atoms with van der Waals surface area (Å²) in [5, 5.41) is 17.0. The number of nitro groups is 1. The largest absolute Gasteiger partial charge is 0.358 e. The van der Waals surface area contributed by atoms with Crippen LogP contribution in [0.3, 0.4) is 0 Å². The van der Waals surface area contributed by atoms with Gasteiger partial charge in [0.15, 0.2) is 0 Å². The van der Waals surface area contributed by atoms with Gasteiger partial charge < -0.3 is 5.32 Å². The van der Waals surface area contributed by atoms with Crippen molar-refractivity contribution in [2.24, 2.45) is 5.92 Å². The Labute approximate surface area is 161 Å². The number of fused-ring (bicyclic) bond motifs is 4. The van der Waals surface area contributed by atoms with E-state index in [1.54, 1.807) is 12.1 Å². The fraction of sp³-hybridized carbons (Fsp3) is 0.174. The number of benzene rings is 3. The maximum Gasteiger partial charge on any atom is 0.269 e. The van der Waals surface area contributed by atoms with Gasteiger partial charge in [0.2, 0.25) is 0 Å². The second-order valence-corrected chi connectivity index (χ2v) is 7.34. The standard InChI is InChI=1S/C23H18N2O3/c26-20-10-4-9-18-23(20)21(15-6-3-7-16(13-15)25(27)28)22-17-8-2-1-5-14(17)11-12-19(22)24-18/h1-3,5-9,11-13,21,23-24H,4,10H2/t21-,23+/m1/s1. The van der Waals surface area contributed by atoms with Crippen molar-refractivity contribution in [3.63, 3.8) is 0 Å². The van der Waals surface area contributed by atoms with Crippen LogP contribution in [-0.4, -0.2) is 10.7 Å². The quantitative estimate of drug-likeness (QED) is 0.499. The lowest BCUT2D eigenvalue weighted by molar-refractivity contribution is -0.384. The van der Waals surface area contributed by atoms with E-state index >= 15 is 0 Å². The highest BCUT2D eigenvalue weighted by Gasteiger charge is 2.41. The molecule has 0 bridgehead atoms. The van der Waals surface area contributed by atoms with E-state index in [-0.39, 0.29) is 28.2 Å². The number of Topliss-reactive ketones (excluding diaryl/α,β-unsaturated/α-hetero) is 1. The van der Waals surface area contributed by atoms with E-state index in [1.807, 2.05) is 30.3 Å². The van der Waals surface area contributed by atoms with E-state index in [0.29, 0.717) is 6.42 Å². The van der Waals surface area contributed by atoms with Gasteiger partial charge >= 0.3 is 0 Å². The van der Waals surface area contributed by atoms with Gasteiger partial charge in [0.25, 0.3) is 5.69 Å². The summed E-state index contributed by atoms with van der Waals surface area (Å²) < 4.78 is 0. The maximum atomic E-state index is 13.0. The Morgan fingerprint density at radius 1 is 1.00 bits per heavy atom. The summed E-state index contributed by atoms with van der Waals surface area (Å²) in [6.07, 6.45) is 3.32. The van der Waals surface area contributed by atoms with Gasteiger partial charge in [-0.05, 0) is 34.4 Å². The van der Waals surface area contributed by atoms with Crippen LogP contribution in [0.2, 0.25) is 0 Å². The molecule has 0 fully saturated rings. The van der Waals surface area contributed by atoms with E-state index in [1.165, 1.54) is 6.07 Å². The zero-order valence-electron chi connectivity index (χ0n) is 15.1. The van der Waals surface area contributed by atoms with E-state index in [2.05, 4.69) is 23.5 Å². The fourth-order valence-corrected chi connectivity index (χ4v) is 4.57. The Hall–Kier alpha value is -3.47. The molecule has 138 valence electrons. The number of hydrogen-bond acceptors (Lipinski definition) is 4. The first-order chi connectivity index (χ1) is 13.6. The van der Waals surface area contributed by atoms with E-state index in [0.717, 1.165) is 39.7 Å². The van der Waals surface area contributed by atoms with Crippen LogP contribution in [0.5, 0.6) is 0 Å². The number of hydrogen-bond donors (Lipinski definition) is 1. The Morgan fingerprint density at radius 3 is 2.71 bits per heavy atom. The third-order valence-corrected chi connectivity index (χ3v) is 5.77. The third-order valence-electron chi connectivity index (χ3n) is 5.77. The zero-order valence-corrected chi connectivity index (χ0v) is 15.1. The van der Waals surface area contributed by atoms with E-state index in [9.17, 15) is 14.9 Å². The van der Waals surface area contributed by atoms with Crippen molar-refractivity contribution in [3.8, 4) is 0 Å². The lowest BCUT2D eigenvalue weighted by atomic mass is 9.70. The first-order valence-electron chi connectivity index (χ1n) is 9.39. The average molecular weight is 370 g/mol. The minimum Gasteiger partial charge on any atom is -0.358 e. The van der Waals surface area contributed by atoms with Crippen LogP contribution in [0.15, 0.2) is 72.4 Å². The summed E-state index contributed by atoms with van der Waals surface area (Å²) in [7, 11) is 0. The summed E-state index contributed by atoms with van der Waals surface area (Å²) in [6.45, 7) is 0. The maximum absolute atomic E-state index is 13.0. The van der Waals surface area contributed by atoms with Gasteiger partial charge in [0.05, 0.1) is 10.8 Å². The summed E-state index contributed by atoms with van der Waals surface area (Å²) in [6, 6.07) is 18.9. The number of nitrogens with one attached hydrogen (secondary N) is 1. The van der Waals surface area contributed by atoms with Crippen LogP contribution in [0.4, 0.5) is 11.4 Å². The predicted molar refractivity (Wildman–Crippen MR) is 108 cm³/mol. The normalized spacial score (nSPS) is 20.7. The van der Waals surface area contributed by atoms with Gasteiger partial charge in [-0.2, -0.15) is 0 Å². The predicted octanol–water partition coefficient (Wildman–Crippen LogP) is 5.17. The third kappa shape index (κ3) is 2.51. The molecule has 0 saturated heterocycles. The molecule has 0 radical (unpaired) electrons. The molecule has 1 aliphatic heterocycles. The van der Waals surface area contributed by atoms with Crippen molar-refractivity contribution in [1.29, 1.82) is 0 Å². The summed E-state index contributed by atoms with van der Waals surface area (Å²) in [5.41, 5.74) is 3.77. The van der Waals surface area contributed by atoms with Crippen LogP contribution in [-0.2, 0) is 4.79 Å². The molecule has 5 heteroatoms. The minimum absolute atomic E-state index is 0.0478. The molecule has 1 aliphatic carbocycles. The number of nitro benzene ring substituents is 1. The molecule has 0 unspecified atom stereocenters. The fourth-order valence-electron chi connectivity index (χ4n) is 4.57. The van der Waals surface area contributed by atoms with Gasteiger partial charge in [0, 0.05) is 35.9 Å². The first kappa shape index (κ1) is 16.7. The Morgan fingerprint density at radius 2 is 1.86 bits per heavy atom. The Bertz CT molecular complexity index is 1170. The number of allylic oxidation sites excluding steroid dienone is 2. The first-order valence-corrected chi connectivity index (χ1v) is 9.39. The molecular weight excluding hydrogens is 352 g/mol. The van der Waals surface area contributed by atoms with Gasteiger partial charge in [-0.3, -0.25) is 14.9 Å². The van der Waals surface area contributed by atoms with Gasteiger partial charge in [0.1, 0.15) is 5.78 Å². The van der Waals surface area contributed by atoms with Crippen LogP contribution in [0.1, 0.15) is 29.9 Å². The molecule has 1 N–H and O–H groups in total. The van der Waals surface area contributed by atoms with Crippen molar-refractivity contribution in [2.75, 3.05) is 5.32 Å². The molecule has 0 aromatic heterocycles. The van der Waals surface area contributed by atoms with Crippen molar-refractivity contribution in [1.82, 2.24) is 0 Å². The highest BCUT2D eigenvalue weighted by atomic mass is 16.6. The van der Waals surface area contributed by atoms with Crippen LogP contribution in [0, 0.1) is 16.0 Å². The second-order valence-electron chi connectivity index (χ2n) is 7.34. The lowest BCUT2D eigenvalue weighted by Gasteiger charge is -2.38. The van der Waals surface area contributed by atoms with Crippen molar-refractivity contribution in [3.05, 3.63) is 93.7 Å². The molecule has 3 aromatic rings. The van der Waals surface area contributed by atoms with Crippen LogP contribution in [0.25, 0.3) is 10.8 Å². The minimum atomic E-state index is -0.381. The van der Waals surface area contributed by atoms with Gasteiger partial charge in [-0.1, -0.05) is 48.5 Å². The number of carbonyl (C=O) groups is 1. The summed E-state index contributed by atoms with van der Waals surface area (Å²) in [4.78, 5) is 23.9. The van der Waals surface area contributed by atoms with Crippen molar-refractivity contribution >= 4 is 27.9 Å². The molecular formula is C23H18N2O3. The molecule has 2 aliphatic rings. The lowest BCUT2D eigenvalue weighted by Crippen LogP contribution is -2.34. The molecule has 0 saturated carbocycles. The van der Waals surface area contributed by atoms with Gasteiger partial charge in [-0.25, -0.2) is 0 Å². The number of carbonyl (C=O) groups excluding carboxylic acids is 1. The van der Waals surface area contributed by atoms with Crippen LogP contribution < -0.4 is 5.32 Å². The molecule has 0 spiro atoms. The zero-order chi connectivity index (χ0) is 19.3. The Balaban J connectivity index is 1.82. The molecule has 1 heterocycles. The molecule has 28 heavy (non-hydrogen) atoms. The van der Waals surface area contributed by atoms with Crippen LogP contribution >= 0.6 is 0 Å². The molecule has 2 atom stereocenters. The van der Waals surface area contributed by atoms with Crippen molar-refractivity contribution < 1.29 is 9.72 Å². The summed E-state index contributed by atoms with van der Waals surface area (Å²) in [5.74, 6) is -0.407. The average Bonchev–Trinajstić information content (AvgIpc) is 2.72. The van der Waals surface area contributed by atoms with E-state index < -0.39 is 0 Å². The van der Waals surface area contributed by atoms with E-state index in [4.69, 9.17) is 0 Å². The molecule has 5 nitrogen and oxygen atoms in total. The number of rotatable bonds is 2.